The zero-order chi connectivity index (χ0) is 23.3. The number of phenols is 1. The average molecular weight is 436 g/mol. The second-order valence-corrected chi connectivity index (χ2v) is 9.70. The van der Waals surface area contributed by atoms with Crippen LogP contribution in [0.15, 0.2) is 42.5 Å². The Labute approximate surface area is 188 Å². The summed E-state index contributed by atoms with van der Waals surface area (Å²) in [5.74, 6) is -0.517. The van der Waals surface area contributed by atoms with Crippen molar-refractivity contribution in [2.24, 2.45) is 0 Å². The number of carbonyl (C=O) groups is 3. The number of anilines is 2. The molecule has 7 nitrogen and oxygen atoms in total. The van der Waals surface area contributed by atoms with Gasteiger partial charge in [-0.15, -0.1) is 0 Å². The lowest BCUT2D eigenvalue weighted by Gasteiger charge is -2.48. The first-order valence-corrected chi connectivity index (χ1v) is 10.9. The molecule has 2 aliphatic rings. The maximum Gasteiger partial charge on any atom is 0.257 e. The number of phenolic OH excluding ortho intramolecular Hbond substituents is 1. The number of fused-ring (bicyclic) bond motifs is 3. The predicted octanol–water partition coefficient (Wildman–Crippen LogP) is 4.02. The van der Waals surface area contributed by atoms with Gasteiger partial charge in [0, 0.05) is 19.4 Å². The van der Waals surface area contributed by atoms with Gasteiger partial charge in [0.25, 0.3) is 5.91 Å². The highest BCUT2D eigenvalue weighted by atomic mass is 16.3. The normalized spacial score (nSPS) is 20.2. The van der Waals surface area contributed by atoms with E-state index in [1.165, 1.54) is 0 Å². The van der Waals surface area contributed by atoms with Gasteiger partial charge in [-0.3, -0.25) is 19.3 Å². The van der Waals surface area contributed by atoms with Crippen LogP contribution in [0.4, 0.5) is 11.4 Å². The first-order chi connectivity index (χ1) is 15.0. The van der Waals surface area contributed by atoms with Gasteiger partial charge in [-0.05, 0) is 48.6 Å². The van der Waals surface area contributed by atoms with Crippen molar-refractivity contribution in [1.29, 1.82) is 0 Å². The molecule has 1 atom stereocenters. The smallest absolute Gasteiger partial charge is 0.257 e. The standard InChI is InChI=1S/C25H29N3O4/c1-24(2,3)16-9-10-20(29)18(15-16)26-21(30)12-14-27-23(32)17-7-5-6-8-19(17)28-22(31)11-13-25(27,28)4/h5-10,15,29H,11-14H2,1-4H3,(H,26,30). The molecule has 2 aromatic carbocycles. The van der Waals surface area contributed by atoms with Crippen molar-refractivity contribution < 1.29 is 19.5 Å². The second kappa shape index (κ2) is 7.65. The van der Waals surface area contributed by atoms with Crippen LogP contribution in [0.25, 0.3) is 0 Å². The molecule has 0 radical (unpaired) electrons. The topological polar surface area (TPSA) is 89.9 Å². The van der Waals surface area contributed by atoms with E-state index in [1.807, 2.05) is 19.1 Å². The molecule has 1 fully saturated rings. The van der Waals surface area contributed by atoms with Gasteiger partial charge in [0.05, 0.1) is 16.9 Å². The maximum atomic E-state index is 13.3. The van der Waals surface area contributed by atoms with Crippen molar-refractivity contribution in [3.8, 4) is 5.75 Å². The zero-order valence-electron chi connectivity index (χ0n) is 18.9. The van der Waals surface area contributed by atoms with Gasteiger partial charge in [0.2, 0.25) is 11.8 Å². The van der Waals surface area contributed by atoms with Crippen molar-refractivity contribution in [2.75, 3.05) is 16.8 Å². The molecule has 3 amide bonds. The minimum atomic E-state index is -0.795. The Hall–Kier alpha value is -3.35. The van der Waals surface area contributed by atoms with E-state index in [-0.39, 0.29) is 41.9 Å². The molecule has 2 N–H and O–H groups in total. The van der Waals surface area contributed by atoms with Gasteiger partial charge in [0.1, 0.15) is 11.4 Å². The van der Waals surface area contributed by atoms with Gasteiger partial charge in [-0.2, -0.15) is 0 Å². The van der Waals surface area contributed by atoms with Crippen molar-refractivity contribution in [3.63, 3.8) is 0 Å². The highest BCUT2D eigenvalue weighted by Crippen LogP contribution is 2.44. The van der Waals surface area contributed by atoms with Crippen molar-refractivity contribution in [1.82, 2.24) is 4.90 Å². The summed E-state index contributed by atoms with van der Waals surface area (Å²) >= 11 is 0. The summed E-state index contributed by atoms with van der Waals surface area (Å²) in [6, 6.07) is 12.3. The molecule has 1 saturated heterocycles. The van der Waals surface area contributed by atoms with Crippen LogP contribution in [0.1, 0.15) is 62.9 Å². The molecule has 0 aliphatic carbocycles. The monoisotopic (exact) mass is 435 g/mol. The number of hydrogen-bond acceptors (Lipinski definition) is 4. The van der Waals surface area contributed by atoms with E-state index >= 15 is 0 Å². The molecule has 2 heterocycles. The fraction of sp³-hybridized carbons (Fsp3) is 0.400. The molecule has 0 bridgehead atoms. The SMILES string of the molecule is CC(C)(C)c1ccc(O)c(NC(=O)CCN2C(=O)c3ccccc3N3C(=O)CCC23C)c1. The predicted molar refractivity (Wildman–Crippen MR) is 123 cm³/mol. The molecule has 2 aliphatic heterocycles. The number of rotatable bonds is 4. The Kier molecular flexibility index (Phi) is 5.23. The molecule has 0 spiro atoms. The second-order valence-electron chi connectivity index (χ2n) is 9.70. The Balaban J connectivity index is 1.53. The minimum absolute atomic E-state index is 0.00569. The van der Waals surface area contributed by atoms with Gasteiger partial charge >= 0.3 is 0 Å². The van der Waals surface area contributed by atoms with E-state index in [2.05, 4.69) is 26.1 Å². The highest BCUT2D eigenvalue weighted by Gasteiger charge is 2.52. The number of hydrogen-bond donors (Lipinski definition) is 2. The summed E-state index contributed by atoms with van der Waals surface area (Å²) in [7, 11) is 0. The fourth-order valence-corrected chi connectivity index (χ4v) is 4.57. The molecule has 1 unspecified atom stereocenters. The van der Waals surface area contributed by atoms with Crippen molar-refractivity contribution in [2.45, 2.75) is 58.0 Å². The number of benzene rings is 2. The molecule has 32 heavy (non-hydrogen) atoms. The Morgan fingerprint density at radius 1 is 1.16 bits per heavy atom. The van der Waals surface area contributed by atoms with E-state index in [4.69, 9.17) is 0 Å². The number of amides is 3. The van der Waals surface area contributed by atoms with Crippen LogP contribution >= 0.6 is 0 Å². The van der Waals surface area contributed by atoms with Gasteiger partial charge in [0.15, 0.2) is 0 Å². The largest absolute Gasteiger partial charge is 0.506 e. The minimum Gasteiger partial charge on any atom is -0.506 e. The molecule has 4 rings (SSSR count). The number of aromatic hydroxyl groups is 1. The molecule has 2 aromatic rings. The number of carbonyl (C=O) groups excluding carboxylic acids is 3. The first kappa shape index (κ1) is 21.9. The summed E-state index contributed by atoms with van der Waals surface area (Å²) in [5, 5.41) is 13.0. The quantitative estimate of drug-likeness (QED) is 0.710. The van der Waals surface area contributed by atoms with E-state index in [0.29, 0.717) is 29.8 Å². The third kappa shape index (κ3) is 3.61. The van der Waals surface area contributed by atoms with Crippen molar-refractivity contribution in [3.05, 3.63) is 53.6 Å². The van der Waals surface area contributed by atoms with E-state index in [1.54, 1.807) is 40.1 Å². The van der Waals surface area contributed by atoms with Crippen LogP contribution in [-0.4, -0.2) is 39.9 Å². The van der Waals surface area contributed by atoms with Gasteiger partial charge < -0.3 is 15.3 Å². The lowest BCUT2D eigenvalue weighted by Crippen LogP contribution is -2.62. The van der Waals surface area contributed by atoms with Crippen LogP contribution in [0.5, 0.6) is 5.75 Å². The van der Waals surface area contributed by atoms with Crippen LogP contribution in [0, 0.1) is 0 Å². The van der Waals surface area contributed by atoms with Crippen molar-refractivity contribution >= 4 is 29.1 Å². The molecule has 168 valence electrons. The Morgan fingerprint density at radius 3 is 2.59 bits per heavy atom. The molecular weight excluding hydrogens is 406 g/mol. The molecule has 7 heteroatoms. The Bertz CT molecular complexity index is 1100. The summed E-state index contributed by atoms with van der Waals surface area (Å²) in [6.07, 6.45) is 0.918. The summed E-state index contributed by atoms with van der Waals surface area (Å²) < 4.78 is 0. The number of nitrogens with one attached hydrogen (secondary N) is 1. The Morgan fingerprint density at radius 2 is 1.88 bits per heavy atom. The zero-order valence-corrected chi connectivity index (χ0v) is 18.9. The van der Waals surface area contributed by atoms with Crippen LogP contribution < -0.4 is 10.2 Å². The fourth-order valence-electron chi connectivity index (χ4n) is 4.57. The van der Waals surface area contributed by atoms with Crippen LogP contribution in [-0.2, 0) is 15.0 Å². The maximum absolute atomic E-state index is 13.3. The summed E-state index contributed by atoms with van der Waals surface area (Å²) in [6.45, 7) is 8.21. The lowest BCUT2D eigenvalue weighted by atomic mass is 9.87. The van der Waals surface area contributed by atoms with E-state index in [9.17, 15) is 19.5 Å². The molecular formula is C25H29N3O4. The first-order valence-electron chi connectivity index (χ1n) is 10.9. The third-order valence-corrected chi connectivity index (χ3v) is 6.44. The lowest BCUT2D eigenvalue weighted by molar-refractivity contribution is -0.117. The summed E-state index contributed by atoms with van der Waals surface area (Å²) in [4.78, 5) is 42.0. The van der Waals surface area contributed by atoms with E-state index < -0.39 is 5.66 Å². The average Bonchev–Trinajstić information content (AvgIpc) is 3.04. The van der Waals surface area contributed by atoms with Crippen LogP contribution in [0.2, 0.25) is 0 Å². The van der Waals surface area contributed by atoms with Crippen LogP contribution in [0.3, 0.4) is 0 Å². The van der Waals surface area contributed by atoms with E-state index in [0.717, 1.165) is 5.56 Å². The molecule has 0 saturated carbocycles. The highest BCUT2D eigenvalue weighted by molar-refractivity contribution is 6.10. The molecule has 0 aromatic heterocycles. The number of nitrogens with zero attached hydrogens (tertiary/aromatic N) is 2. The van der Waals surface area contributed by atoms with Gasteiger partial charge in [-0.1, -0.05) is 39.0 Å². The summed E-state index contributed by atoms with van der Waals surface area (Å²) in [5.41, 5.74) is 1.51. The van der Waals surface area contributed by atoms with Gasteiger partial charge in [-0.25, -0.2) is 0 Å². The third-order valence-electron chi connectivity index (χ3n) is 6.44. The number of para-hydroxylation sites is 1.